The third-order valence-corrected chi connectivity index (χ3v) is 8.37. The van der Waals surface area contributed by atoms with Crippen molar-refractivity contribution in [2.45, 2.75) is 0 Å². The summed E-state index contributed by atoms with van der Waals surface area (Å²) in [5.74, 6) is 1.16. The number of carbonyl (C=O) groups excluding carboxylic acids is 1. The van der Waals surface area contributed by atoms with E-state index in [2.05, 4.69) is 32.3 Å². The average Bonchev–Trinajstić information content (AvgIpc) is 3.45. The molecule has 0 spiro atoms. The number of ether oxygens (including phenoxy) is 1. The number of para-hydroxylation sites is 2. The smallest absolute Gasteiger partial charge is 0.247 e. The second-order valence-corrected chi connectivity index (χ2v) is 12.0. The highest BCUT2D eigenvalue weighted by molar-refractivity contribution is 7.92. The number of hydrogen-bond acceptors (Lipinski definition) is 11. The summed E-state index contributed by atoms with van der Waals surface area (Å²) in [4.78, 5) is 26.0. The number of amides is 1. The van der Waals surface area contributed by atoms with Gasteiger partial charge in [-0.1, -0.05) is 18.7 Å². The summed E-state index contributed by atoms with van der Waals surface area (Å²) in [6.45, 7) is 5.15. The van der Waals surface area contributed by atoms with Crippen molar-refractivity contribution in [3.05, 3.63) is 60.5 Å². The Hall–Kier alpha value is -4.04. The van der Waals surface area contributed by atoms with E-state index >= 15 is 0 Å². The number of aromatic nitrogens is 2. The van der Waals surface area contributed by atoms with Crippen LogP contribution in [0.15, 0.2) is 60.5 Å². The standard InChI is InChI=1S/C29H36N8O3S2/c1-8-26(38)30-21-17-22(25(40-6)18-24(21)36(4)15-14-35(2)3)33-29-32-20-13-16-41-27(20)28(34-29)31-19-11-9-10-12-23(19)37(5)42(7)39/h8-13,16-18H,1,14-15H2,2-7H3,(H,30,38)(H2,31,32,33,34). The van der Waals surface area contributed by atoms with E-state index in [1.807, 2.05) is 62.9 Å². The van der Waals surface area contributed by atoms with Crippen LogP contribution in [0.25, 0.3) is 10.2 Å². The maximum absolute atomic E-state index is 12.3. The normalized spacial score (nSPS) is 11.7. The molecule has 1 unspecified atom stereocenters. The van der Waals surface area contributed by atoms with Crippen molar-refractivity contribution in [2.24, 2.45) is 0 Å². The lowest BCUT2D eigenvalue weighted by atomic mass is 10.2. The molecule has 11 nitrogen and oxygen atoms in total. The van der Waals surface area contributed by atoms with Gasteiger partial charge in [0, 0.05) is 26.2 Å². The van der Waals surface area contributed by atoms with Gasteiger partial charge in [-0.2, -0.15) is 9.29 Å². The topological polar surface area (TPSA) is 121 Å². The minimum absolute atomic E-state index is 0.326. The number of likely N-dealkylation sites (N-methyl/N-ethyl adjacent to an activating group) is 2. The summed E-state index contributed by atoms with van der Waals surface area (Å²) in [6.07, 6.45) is 2.86. The number of nitrogens with zero attached hydrogens (tertiary/aromatic N) is 5. The summed E-state index contributed by atoms with van der Waals surface area (Å²) in [7, 11) is 9.35. The van der Waals surface area contributed by atoms with Crippen LogP contribution in [-0.2, 0) is 16.2 Å². The molecule has 3 N–H and O–H groups in total. The molecular formula is C29H36N8O3S2. The van der Waals surface area contributed by atoms with Gasteiger partial charge in [-0.25, -0.2) is 4.98 Å². The lowest BCUT2D eigenvalue weighted by Crippen LogP contribution is -2.29. The SMILES string of the molecule is C=CC(=O)Nc1cc(Nc2nc(Nc3ccccc3N(C)[S+](C)[O-])c3sccc3n2)c(OC)cc1N(C)CCN(C)C. The molecule has 0 fully saturated rings. The van der Waals surface area contributed by atoms with Gasteiger partial charge in [0.05, 0.1) is 58.5 Å². The summed E-state index contributed by atoms with van der Waals surface area (Å²) in [5.41, 5.74) is 4.23. The molecule has 0 aliphatic heterocycles. The average molecular weight is 609 g/mol. The third kappa shape index (κ3) is 7.23. The maximum Gasteiger partial charge on any atom is 0.247 e. The Morgan fingerprint density at radius 2 is 1.81 bits per heavy atom. The Morgan fingerprint density at radius 1 is 1.05 bits per heavy atom. The quantitative estimate of drug-likeness (QED) is 0.141. The number of nitrogens with one attached hydrogen (secondary N) is 3. The molecule has 0 saturated carbocycles. The highest BCUT2D eigenvalue weighted by atomic mass is 32.2. The van der Waals surface area contributed by atoms with Crippen LogP contribution in [-0.4, -0.2) is 80.0 Å². The van der Waals surface area contributed by atoms with E-state index in [-0.39, 0.29) is 5.91 Å². The fourth-order valence-electron chi connectivity index (χ4n) is 4.15. The number of benzene rings is 2. The van der Waals surface area contributed by atoms with Crippen molar-refractivity contribution >= 4 is 79.0 Å². The van der Waals surface area contributed by atoms with E-state index in [0.717, 1.165) is 40.4 Å². The van der Waals surface area contributed by atoms with Crippen molar-refractivity contribution in [3.8, 4) is 5.75 Å². The lowest BCUT2D eigenvalue weighted by Gasteiger charge is -2.26. The second kappa shape index (κ2) is 13.7. The number of fused-ring (bicyclic) bond motifs is 1. The number of thiophene rings is 1. The van der Waals surface area contributed by atoms with Gasteiger partial charge in [-0.3, -0.25) is 4.79 Å². The first kappa shape index (κ1) is 30.9. The monoisotopic (exact) mass is 608 g/mol. The van der Waals surface area contributed by atoms with Crippen molar-refractivity contribution in [3.63, 3.8) is 0 Å². The molecule has 2 aromatic carbocycles. The van der Waals surface area contributed by atoms with Crippen LogP contribution in [0.1, 0.15) is 0 Å². The fourth-order valence-corrected chi connectivity index (χ4v) is 5.36. The molecule has 4 aromatic rings. The molecule has 222 valence electrons. The Balaban J connectivity index is 1.74. The second-order valence-electron chi connectivity index (χ2n) is 9.71. The van der Waals surface area contributed by atoms with Crippen LogP contribution in [0.4, 0.5) is 40.2 Å². The van der Waals surface area contributed by atoms with Gasteiger partial charge in [0.25, 0.3) is 0 Å². The van der Waals surface area contributed by atoms with E-state index in [1.165, 1.54) is 17.4 Å². The predicted octanol–water partition coefficient (Wildman–Crippen LogP) is 5.04. The highest BCUT2D eigenvalue weighted by Gasteiger charge is 2.19. The summed E-state index contributed by atoms with van der Waals surface area (Å²) < 4.78 is 20.5. The predicted molar refractivity (Wildman–Crippen MR) is 177 cm³/mol. The van der Waals surface area contributed by atoms with E-state index < -0.39 is 11.4 Å². The van der Waals surface area contributed by atoms with Crippen LogP contribution in [0.5, 0.6) is 5.75 Å². The first-order valence-corrected chi connectivity index (χ1v) is 15.5. The van der Waals surface area contributed by atoms with E-state index in [1.54, 1.807) is 30.8 Å². The Kier molecular flexibility index (Phi) is 10.1. The zero-order valence-electron chi connectivity index (χ0n) is 24.6. The number of rotatable bonds is 13. The van der Waals surface area contributed by atoms with Gasteiger partial charge >= 0.3 is 0 Å². The zero-order chi connectivity index (χ0) is 30.4. The molecule has 0 saturated heterocycles. The van der Waals surface area contributed by atoms with Gasteiger partial charge in [-0.05, 0) is 49.8 Å². The molecule has 0 bridgehead atoms. The van der Waals surface area contributed by atoms with Crippen LogP contribution in [0.3, 0.4) is 0 Å². The summed E-state index contributed by atoms with van der Waals surface area (Å²) >= 11 is 0.315. The van der Waals surface area contributed by atoms with Gasteiger partial charge in [0.15, 0.2) is 5.82 Å². The number of hydrogen-bond donors (Lipinski definition) is 3. The van der Waals surface area contributed by atoms with Crippen molar-refractivity contribution in [1.29, 1.82) is 0 Å². The lowest BCUT2D eigenvalue weighted by molar-refractivity contribution is -0.111. The van der Waals surface area contributed by atoms with Gasteiger partial charge in [0.1, 0.15) is 17.7 Å². The zero-order valence-corrected chi connectivity index (χ0v) is 26.2. The number of methoxy groups -OCH3 is 1. The van der Waals surface area contributed by atoms with Crippen molar-refractivity contribution < 1.29 is 14.1 Å². The fraction of sp³-hybridized carbons (Fsp3) is 0.276. The van der Waals surface area contributed by atoms with Crippen LogP contribution >= 0.6 is 11.3 Å². The molecule has 13 heteroatoms. The van der Waals surface area contributed by atoms with Gasteiger partial charge < -0.3 is 35.0 Å². The molecule has 2 heterocycles. The van der Waals surface area contributed by atoms with Crippen LogP contribution in [0.2, 0.25) is 0 Å². The molecule has 0 aliphatic rings. The highest BCUT2D eigenvalue weighted by Crippen LogP contribution is 2.39. The van der Waals surface area contributed by atoms with Crippen molar-refractivity contribution in [1.82, 2.24) is 14.9 Å². The van der Waals surface area contributed by atoms with Gasteiger partial charge in [0.2, 0.25) is 11.9 Å². The Bertz CT molecular complexity index is 1560. The minimum Gasteiger partial charge on any atom is -0.593 e. The number of anilines is 7. The van der Waals surface area contributed by atoms with Crippen molar-refractivity contribution in [2.75, 3.05) is 79.8 Å². The molecule has 0 aliphatic carbocycles. The molecule has 2 aromatic heterocycles. The first-order valence-electron chi connectivity index (χ1n) is 13.1. The van der Waals surface area contributed by atoms with Crippen LogP contribution < -0.4 is 29.9 Å². The third-order valence-electron chi connectivity index (χ3n) is 6.49. The molecule has 1 amide bonds. The summed E-state index contributed by atoms with van der Waals surface area (Å²) in [6, 6.07) is 13.2. The number of carbonyl (C=O) groups is 1. The summed E-state index contributed by atoms with van der Waals surface area (Å²) in [5, 5.41) is 11.6. The maximum atomic E-state index is 12.3. The molecule has 0 radical (unpaired) electrons. The Morgan fingerprint density at radius 3 is 2.50 bits per heavy atom. The molecular weight excluding hydrogens is 573 g/mol. The first-order chi connectivity index (χ1) is 20.1. The van der Waals surface area contributed by atoms with E-state index in [4.69, 9.17) is 14.7 Å². The van der Waals surface area contributed by atoms with E-state index in [0.29, 0.717) is 28.9 Å². The Labute approximate surface area is 253 Å². The van der Waals surface area contributed by atoms with Crippen LogP contribution in [0, 0.1) is 0 Å². The van der Waals surface area contributed by atoms with Gasteiger partial charge in [-0.15, -0.1) is 11.3 Å². The molecule has 4 rings (SSSR count). The largest absolute Gasteiger partial charge is 0.593 e. The van der Waals surface area contributed by atoms with E-state index in [9.17, 15) is 9.35 Å². The molecule has 1 atom stereocenters. The minimum atomic E-state index is -1.21. The molecule has 42 heavy (non-hydrogen) atoms.